The molecule has 2 saturated carbocycles. The number of rotatable bonds is 6. The van der Waals surface area contributed by atoms with Gasteiger partial charge in [-0.3, -0.25) is 4.79 Å². The van der Waals surface area contributed by atoms with E-state index in [1.54, 1.807) is 0 Å². The molecule has 0 atom stereocenters. The van der Waals surface area contributed by atoms with Gasteiger partial charge in [0.05, 0.1) is 0 Å². The maximum Gasteiger partial charge on any atom is 0.147 e. The van der Waals surface area contributed by atoms with Crippen LogP contribution < -0.4 is 0 Å². The molecule has 0 amide bonds. The van der Waals surface area contributed by atoms with Crippen LogP contribution in [0.4, 0.5) is 0 Å². The molecule has 0 aromatic rings. The Balaban J connectivity index is 1.55. The Hall–Kier alpha value is -0.300. The highest BCUT2D eigenvalue weighted by Crippen LogP contribution is 2.41. The predicted octanol–water partition coefficient (Wildman–Crippen LogP) is 5.08. The molecule has 0 unspecified atom stereocenters. The molecule has 2 rings (SSSR count). The summed E-state index contributed by atoms with van der Waals surface area (Å²) >= 11 is 5.64. The number of allylic oxidation sites excluding steroid dienone is 1. The van der Waals surface area contributed by atoms with Gasteiger partial charge in [0.2, 0.25) is 0 Å². The lowest BCUT2D eigenvalue weighted by Gasteiger charge is -2.35. The smallest absolute Gasteiger partial charge is 0.147 e. The minimum Gasteiger partial charge on any atom is -0.298 e. The van der Waals surface area contributed by atoms with Crippen molar-refractivity contribution >= 4 is 17.9 Å². The normalized spacial score (nSPS) is 29.9. The van der Waals surface area contributed by atoms with E-state index in [1.165, 1.54) is 69.7 Å². The maximum absolute atomic E-state index is 10.7. The van der Waals surface area contributed by atoms with Crippen LogP contribution in [0.3, 0.4) is 0 Å². The van der Waals surface area contributed by atoms with E-state index in [9.17, 15) is 4.79 Å². The Morgan fingerprint density at radius 3 is 2.33 bits per heavy atom. The summed E-state index contributed by atoms with van der Waals surface area (Å²) in [5, 5.41) is 0. The number of hydrogen-bond donors (Lipinski definition) is 0. The molecule has 2 heteroatoms. The van der Waals surface area contributed by atoms with Crippen molar-refractivity contribution in [1.82, 2.24) is 0 Å². The number of carbonyl (C=O) groups is 1. The highest BCUT2D eigenvalue weighted by atomic mass is 35.5. The molecule has 0 spiro atoms. The molecule has 2 aliphatic rings. The summed E-state index contributed by atoms with van der Waals surface area (Å²) in [5.74, 6) is 2.33. The highest BCUT2D eigenvalue weighted by molar-refractivity contribution is 6.26. The van der Waals surface area contributed by atoms with Gasteiger partial charge in [0.15, 0.2) is 0 Å². The Kier molecular flexibility index (Phi) is 5.75. The zero-order valence-electron chi connectivity index (χ0n) is 11.2. The van der Waals surface area contributed by atoms with E-state index in [2.05, 4.69) is 0 Å². The first-order valence-corrected chi connectivity index (χ1v) is 8.02. The van der Waals surface area contributed by atoms with Gasteiger partial charge in [0.25, 0.3) is 0 Å². The third-order valence-corrected chi connectivity index (χ3v) is 5.17. The third kappa shape index (κ3) is 3.85. The SMILES string of the molecule is O=CC(=CCl)C1CC(CCCC2CCCCC2)C1. The van der Waals surface area contributed by atoms with Crippen molar-refractivity contribution in [2.45, 2.75) is 64.2 Å². The third-order valence-electron chi connectivity index (χ3n) is 4.92. The summed E-state index contributed by atoms with van der Waals surface area (Å²) in [5.41, 5.74) is 2.27. The number of hydrogen-bond acceptors (Lipinski definition) is 1. The second kappa shape index (κ2) is 7.33. The van der Waals surface area contributed by atoms with Gasteiger partial charge >= 0.3 is 0 Å². The number of halogens is 1. The van der Waals surface area contributed by atoms with Crippen molar-refractivity contribution in [1.29, 1.82) is 0 Å². The van der Waals surface area contributed by atoms with Crippen LogP contribution in [-0.2, 0) is 4.79 Å². The molecule has 0 saturated heterocycles. The minimum absolute atomic E-state index is 0.458. The van der Waals surface area contributed by atoms with Crippen LogP contribution in [0, 0.1) is 17.8 Å². The fraction of sp³-hybridized carbons (Fsp3) is 0.812. The lowest BCUT2D eigenvalue weighted by Crippen LogP contribution is -2.25. The van der Waals surface area contributed by atoms with Gasteiger partial charge < -0.3 is 0 Å². The van der Waals surface area contributed by atoms with Crippen LogP contribution in [0.15, 0.2) is 11.1 Å². The van der Waals surface area contributed by atoms with E-state index in [4.69, 9.17) is 11.6 Å². The van der Waals surface area contributed by atoms with Crippen LogP contribution in [0.5, 0.6) is 0 Å². The molecule has 0 heterocycles. The molecule has 0 aromatic carbocycles. The van der Waals surface area contributed by atoms with Crippen LogP contribution >= 0.6 is 11.6 Å². The fourth-order valence-corrected chi connectivity index (χ4v) is 3.86. The van der Waals surface area contributed by atoms with Crippen molar-refractivity contribution in [2.24, 2.45) is 17.8 Å². The van der Waals surface area contributed by atoms with Crippen LogP contribution in [0.25, 0.3) is 0 Å². The summed E-state index contributed by atoms with van der Waals surface area (Å²) in [6.07, 6.45) is 14.8. The topological polar surface area (TPSA) is 17.1 Å². The second-order valence-electron chi connectivity index (χ2n) is 6.20. The lowest BCUT2D eigenvalue weighted by molar-refractivity contribution is -0.105. The van der Waals surface area contributed by atoms with Gasteiger partial charge in [-0.1, -0.05) is 63.0 Å². The molecule has 2 aliphatic carbocycles. The quantitative estimate of drug-likeness (QED) is 0.485. The van der Waals surface area contributed by atoms with Crippen LogP contribution in [0.2, 0.25) is 0 Å². The monoisotopic (exact) mass is 268 g/mol. The van der Waals surface area contributed by atoms with E-state index in [0.29, 0.717) is 5.92 Å². The average molecular weight is 269 g/mol. The molecule has 2 fully saturated rings. The van der Waals surface area contributed by atoms with Crippen molar-refractivity contribution in [3.63, 3.8) is 0 Å². The molecule has 18 heavy (non-hydrogen) atoms. The van der Waals surface area contributed by atoms with Gasteiger partial charge in [-0.2, -0.15) is 0 Å². The molecular weight excluding hydrogens is 244 g/mol. The molecular formula is C16H25ClO. The van der Waals surface area contributed by atoms with Crippen molar-refractivity contribution in [3.05, 3.63) is 11.1 Å². The zero-order chi connectivity index (χ0) is 12.8. The van der Waals surface area contributed by atoms with Gasteiger partial charge in [-0.15, -0.1) is 0 Å². The Morgan fingerprint density at radius 1 is 1.06 bits per heavy atom. The highest BCUT2D eigenvalue weighted by Gasteiger charge is 2.31. The average Bonchev–Trinajstić information content (AvgIpc) is 2.37. The van der Waals surface area contributed by atoms with E-state index >= 15 is 0 Å². The predicted molar refractivity (Wildman–Crippen MR) is 76.6 cm³/mol. The lowest BCUT2D eigenvalue weighted by atomic mass is 9.69. The molecule has 0 N–H and O–H groups in total. The summed E-state index contributed by atoms with van der Waals surface area (Å²) < 4.78 is 0. The Labute approximate surface area is 116 Å². The first-order chi connectivity index (χ1) is 8.83. The molecule has 0 radical (unpaired) electrons. The van der Waals surface area contributed by atoms with Crippen LogP contribution in [0.1, 0.15) is 64.2 Å². The summed E-state index contributed by atoms with van der Waals surface area (Å²) in [6, 6.07) is 0. The van der Waals surface area contributed by atoms with Gasteiger partial charge in [-0.05, 0) is 30.6 Å². The first kappa shape index (κ1) is 14.1. The molecule has 0 aliphatic heterocycles. The number of aldehydes is 1. The zero-order valence-corrected chi connectivity index (χ0v) is 12.0. The van der Waals surface area contributed by atoms with E-state index in [1.807, 2.05) is 0 Å². The largest absolute Gasteiger partial charge is 0.298 e. The van der Waals surface area contributed by atoms with Crippen molar-refractivity contribution in [3.8, 4) is 0 Å². The Bertz CT molecular complexity index is 285. The number of carbonyl (C=O) groups excluding carboxylic acids is 1. The Morgan fingerprint density at radius 2 is 1.72 bits per heavy atom. The second-order valence-corrected chi connectivity index (χ2v) is 6.41. The van der Waals surface area contributed by atoms with E-state index in [0.717, 1.165) is 23.7 Å². The van der Waals surface area contributed by atoms with Gasteiger partial charge in [0, 0.05) is 11.1 Å². The summed E-state index contributed by atoms with van der Waals surface area (Å²) in [7, 11) is 0. The molecule has 0 bridgehead atoms. The molecule has 0 aromatic heterocycles. The molecule has 1 nitrogen and oxygen atoms in total. The first-order valence-electron chi connectivity index (χ1n) is 7.59. The van der Waals surface area contributed by atoms with E-state index < -0.39 is 0 Å². The maximum atomic E-state index is 10.7. The van der Waals surface area contributed by atoms with E-state index in [-0.39, 0.29) is 0 Å². The summed E-state index contributed by atoms with van der Waals surface area (Å²) in [4.78, 5) is 10.7. The fourth-order valence-electron chi connectivity index (χ4n) is 3.63. The van der Waals surface area contributed by atoms with Crippen molar-refractivity contribution < 1.29 is 4.79 Å². The standard InChI is InChI=1S/C16H25ClO/c17-11-16(12-18)15-9-14(10-15)8-4-7-13-5-2-1-3-6-13/h11-15H,1-10H2. The van der Waals surface area contributed by atoms with Gasteiger partial charge in [-0.25, -0.2) is 0 Å². The van der Waals surface area contributed by atoms with Crippen molar-refractivity contribution in [2.75, 3.05) is 0 Å². The minimum atomic E-state index is 0.458. The molecule has 102 valence electrons. The summed E-state index contributed by atoms with van der Waals surface area (Å²) in [6.45, 7) is 0. The van der Waals surface area contributed by atoms with Crippen LogP contribution in [-0.4, -0.2) is 6.29 Å². The van der Waals surface area contributed by atoms with Gasteiger partial charge in [0.1, 0.15) is 6.29 Å².